The molecule has 0 bridgehead atoms. The van der Waals surface area contributed by atoms with Crippen molar-refractivity contribution in [3.8, 4) is 0 Å². The molecule has 2 N–H and O–H groups in total. The van der Waals surface area contributed by atoms with Gasteiger partial charge in [0.05, 0.1) is 36.1 Å². The van der Waals surface area contributed by atoms with Gasteiger partial charge < -0.3 is 10.1 Å². The lowest BCUT2D eigenvalue weighted by Gasteiger charge is -2.30. The van der Waals surface area contributed by atoms with Gasteiger partial charge in [0.25, 0.3) is 0 Å². The van der Waals surface area contributed by atoms with Crippen LogP contribution in [0.4, 0.5) is 26.3 Å². The summed E-state index contributed by atoms with van der Waals surface area (Å²) in [6, 6.07) is 4.77. The van der Waals surface area contributed by atoms with Crippen LogP contribution in [0.15, 0.2) is 47.4 Å². The second kappa shape index (κ2) is 12.0. The molecule has 2 aromatic rings. The van der Waals surface area contributed by atoms with Crippen LogP contribution >= 0.6 is 0 Å². The number of morpholine rings is 1. The fourth-order valence-electron chi connectivity index (χ4n) is 4.89. The minimum Gasteiger partial charge on any atom is -0.379 e. The first-order chi connectivity index (χ1) is 18.7. The van der Waals surface area contributed by atoms with Gasteiger partial charge in [0, 0.05) is 19.6 Å². The van der Waals surface area contributed by atoms with Crippen molar-refractivity contribution < 1.29 is 44.3 Å². The van der Waals surface area contributed by atoms with Crippen molar-refractivity contribution in [1.82, 2.24) is 14.9 Å². The zero-order valence-electron chi connectivity index (χ0n) is 21.3. The number of rotatable bonds is 8. The lowest BCUT2D eigenvalue weighted by Crippen LogP contribution is -2.48. The van der Waals surface area contributed by atoms with E-state index in [1.54, 1.807) is 0 Å². The van der Waals surface area contributed by atoms with Crippen LogP contribution in [0, 0.1) is 0 Å². The van der Waals surface area contributed by atoms with Gasteiger partial charge in [-0.1, -0.05) is 24.3 Å². The fraction of sp³-hybridized carbons (Fsp3) is 0.500. The van der Waals surface area contributed by atoms with Crippen molar-refractivity contribution in [3.63, 3.8) is 0 Å². The Labute approximate surface area is 227 Å². The number of aryl methyl sites for hydroxylation is 1. The maximum Gasteiger partial charge on any atom is 0.416 e. The summed E-state index contributed by atoms with van der Waals surface area (Å²) in [6.07, 6.45) is -9.40. The Kier molecular flexibility index (Phi) is 9.12. The molecule has 14 heteroatoms. The van der Waals surface area contributed by atoms with Crippen molar-refractivity contribution >= 4 is 15.9 Å². The van der Waals surface area contributed by atoms with E-state index in [1.807, 2.05) is 18.2 Å². The third-order valence-electron chi connectivity index (χ3n) is 6.92. The number of ether oxygens (including phenoxy) is 1. The molecule has 220 valence electrons. The lowest BCUT2D eigenvalue weighted by atomic mass is 9.86. The summed E-state index contributed by atoms with van der Waals surface area (Å²) in [5.74, 6) is -1.04. The van der Waals surface area contributed by atoms with Crippen molar-refractivity contribution in [2.75, 3.05) is 26.3 Å². The minimum atomic E-state index is -5.18. The van der Waals surface area contributed by atoms with Crippen molar-refractivity contribution in [1.29, 1.82) is 0 Å². The number of fused-ring (bicyclic) bond motifs is 1. The zero-order chi connectivity index (χ0) is 29.1. The Morgan fingerprint density at radius 1 is 1.05 bits per heavy atom. The number of nitrogens with one attached hydrogen (secondary N) is 2. The number of carbonyl (C=O) groups excluding carboxylic acids is 1. The highest BCUT2D eigenvalue weighted by atomic mass is 32.2. The molecule has 1 aliphatic carbocycles. The molecule has 2 atom stereocenters. The Morgan fingerprint density at radius 2 is 1.77 bits per heavy atom. The second-order valence-corrected chi connectivity index (χ2v) is 11.6. The van der Waals surface area contributed by atoms with Gasteiger partial charge in [-0.05, 0) is 54.2 Å². The molecule has 1 aliphatic heterocycles. The van der Waals surface area contributed by atoms with Gasteiger partial charge >= 0.3 is 12.4 Å². The second-order valence-electron chi connectivity index (χ2n) is 9.88. The molecule has 7 nitrogen and oxygen atoms in total. The average Bonchev–Trinajstić information content (AvgIpc) is 2.88. The van der Waals surface area contributed by atoms with Gasteiger partial charge in [0.15, 0.2) is 0 Å². The van der Waals surface area contributed by atoms with Crippen molar-refractivity contribution in [3.05, 3.63) is 64.7 Å². The zero-order valence-corrected chi connectivity index (χ0v) is 22.1. The summed E-state index contributed by atoms with van der Waals surface area (Å²) in [4.78, 5) is 14.0. The Bertz CT molecular complexity index is 1310. The number of alkyl halides is 6. The van der Waals surface area contributed by atoms with Crippen molar-refractivity contribution in [2.45, 2.75) is 61.6 Å². The molecule has 2 aliphatic rings. The summed E-state index contributed by atoms with van der Waals surface area (Å²) in [7, 11) is -5.03. The van der Waals surface area contributed by atoms with Gasteiger partial charge in [-0.15, -0.1) is 0 Å². The van der Waals surface area contributed by atoms with Gasteiger partial charge in [0.1, 0.15) is 6.04 Å². The molecule has 40 heavy (non-hydrogen) atoms. The number of halogens is 6. The first-order valence-corrected chi connectivity index (χ1v) is 14.2. The first-order valence-electron chi connectivity index (χ1n) is 12.7. The fourth-order valence-corrected chi connectivity index (χ4v) is 6.16. The molecule has 0 radical (unpaired) electrons. The van der Waals surface area contributed by atoms with E-state index in [0.29, 0.717) is 32.1 Å². The molecule has 1 amide bonds. The van der Waals surface area contributed by atoms with Gasteiger partial charge in [0.2, 0.25) is 15.9 Å². The van der Waals surface area contributed by atoms with Crippen LogP contribution in [-0.4, -0.2) is 57.7 Å². The van der Waals surface area contributed by atoms with E-state index in [1.165, 1.54) is 4.72 Å². The van der Waals surface area contributed by atoms with Gasteiger partial charge in [-0.2, -0.15) is 31.1 Å². The number of amides is 1. The molecule has 1 fully saturated rings. The molecule has 1 heterocycles. The Morgan fingerprint density at radius 3 is 2.45 bits per heavy atom. The normalized spacial score (nSPS) is 19.6. The van der Waals surface area contributed by atoms with E-state index in [4.69, 9.17) is 4.74 Å². The smallest absolute Gasteiger partial charge is 0.379 e. The number of nitrogens with zero attached hydrogens (tertiary/aromatic N) is 1. The highest BCUT2D eigenvalue weighted by Crippen LogP contribution is 2.33. The lowest BCUT2D eigenvalue weighted by molar-refractivity contribution is -0.158. The minimum absolute atomic E-state index is 0.238. The number of benzene rings is 2. The molecule has 0 aromatic heterocycles. The molecule has 4 rings (SSSR count). The van der Waals surface area contributed by atoms with Crippen LogP contribution in [0.1, 0.15) is 47.6 Å². The highest BCUT2D eigenvalue weighted by Gasteiger charge is 2.44. The maximum atomic E-state index is 13.8. The summed E-state index contributed by atoms with van der Waals surface area (Å²) < 4.78 is 112. The topological polar surface area (TPSA) is 87.7 Å². The first kappa shape index (κ1) is 30.3. The largest absolute Gasteiger partial charge is 0.416 e. The molecule has 0 spiro atoms. The van der Waals surface area contributed by atoms with E-state index in [-0.39, 0.29) is 6.07 Å². The van der Waals surface area contributed by atoms with Crippen LogP contribution < -0.4 is 10.0 Å². The number of carbonyl (C=O) groups is 1. The monoisotopic (exact) mass is 593 g/mol. The van der Waals surface area contributed by atoms with E-state index in [9.17, 15) is 39.6 Å². The van der Waals surface area contributed by atoms with Gasteiger partial charge in [-0.25, -0.2) is 8.42 Å². The van der Waals surface area contributed by atoms with Crippen LogP contribution in [0.25, 0.3) is 0 Å². The average molecular weight is 594 g/mol. The molecular formula is C26H29F6N3O4S. The standard InChI is InChI=1S/C26H29F6N3O4S/c27-25(28,29)19-4-2-5-20(14-19)40(37,38)34-23(26(30,31)32)15-24(36)33-22-6-1-3-18-13-17(7-8-21(18)22)16-35-9-11-39-12-10-35/h2,4-5,7-8,13-14,22-23,34H,1,3,6,9-12,15-16H2,(H,33,36)/t22?,23-/m0/s1. The molecule has 1 saturated heterocycles. The molecule has 2 aromatic carbocycles. The quantitative estimate of drug-likeness (QED) is 0.445. The third-order valence-corrected chi connectivity index (χ3v) is 8.39. The Balaban J connectivity index is 1.44. The van der Waals surface area contributed by atoms with Crippen LogP contribution in [0.5, 0.6) is 0 Å². The summed E-state index contributed by atoms with van der Waals surface area (Å²) in [5, 5.41) is 2.58. The SMILES string of the molecule is O=C(C[C@H](NS(=O)(=O)c1cccc(C(F)(F)F)c1)C(F)(F)F)NC1CCCc2cc(CN3CCOCC3)ccc21. The van der Waals surface area contributed by atoms with E-state index < -0.39 is 57.2 Å². The number of sulfonamides is 1. The van der Waals surface area contributed by atoms with E-state index in [0.717, 1.165) is 54.9 Å². The number of hydrogen-bond acceptors (Lipinski definition) is 5. The molecule has 1 unspecified atom stereocenters. The predicted molar refractivity (Wildman–Crippen MR) is 133 cm³/mol. The number of hydrogen-bond donors (Lipinski definition) is 2. The highest BCUT2D eigenvalue weighted by molar-refractivity contribution is 7.89. The van der Waals surface area contributed by atoms with Crippen LogP contribution in [-0.2, 0) is 38.7 Å². The predicted octanol–water partition coefficient (Wildman–Crippen LogP) is 4.33. The summed E-state index contributed by atoms with van der Waals surface area (Å²) >= 11 is 0. The van der Waals surface area contributed by atoms with Crippen LogP contribution in [0.2, 0.25) is 0 Å². The van der Waals surface area contributed by atoms with E-state index >= 15 is 0 Å². The van der Waals surface area contributed by atoms with Gasteiger partial charge in [-0.3, -0.25) is 9.69 Å². The van der Waals surface area contributed by atoms with E-state index in [2.05, 4.69) is 10.2 Å². The van der Waals surface area contributed by atoms with Crippen LogP contribution in [0.3, 0.4) is 0 Å². The molecule has 0 saturated carbocycles. The Hall–Kier alpha value is -2.68. The maximum absolute atomic E-state index is 13.8. The van der Waals surface area contributed by atoms with Crippen molar-refractivity contribution in [2.24, 2.45) is 0 Å². The molecular weight excluding hydrogens is 564 g/mol. The summed E-state index contributed by atoms with van der Waals surface area (Å²) in [6.45, 7) is 3.68. The third kappa shape index (κ3) is 7.74. The summed E-state index contributed by atoms with van der Waals surface area (Å²) in [5.41, 5.74) is 1.52.